The number of nitrogens with zero attached hydrogens (tertiary/aromatic N) is 1. The molecule has 0 aromatic carbocycles. The van der Waals surface area contributed by atoms with Crippen LogP contribution in [0.1, 0.15) is 52.4 Å². The zero-order chi connectivity index (χ0) is 14.4. The topological polar surface area (TPSA) is 24.5 Å². The molecule has 1 N–H and O–H groups in total. The van der Waals surface area contributed by atoms with Crippen molar-refractivity contribution in [1.29, 1.82) is 0 Å². The Hall–Kier alpha value is -0.120. The van der Waals surface area contributed by atoms with Crippen LogP contribution in [0, 0.1) is 11.8 Å². The third kappa shape index (κ3) is 4.71. The highest BCUT2D eigenvalue weighted by molar-refractivity contribution is 4.85. The fourth-order valence-corrected chi connectivity index (χ4v) is 3.97. The summed E-state index contributed by atoms with van der Waals surface area (Å²) < 4.78 is 5.34. The van der Waals surface area contributed by atoms with Gasteiger partial charge in [0.2, 0.25) is 0 Å². The lowest BCUT2D eigenvalue weighted by atomic mass is 9.78. The van der Waals surface area contributed by atoms with Crippen LogP contribution in [0.2, 0.25) is 0 Å². The van der Waals surface area contributed by atoms with Gasteiger partial charge in [-0.25, -0.2) is 0 Å². The van der Waals surface area contributed by atoms with E-state index < -0.39 is 0 Å². The van der Waals surface area contributed by atoms with E-state index in [4.69, 9.17) is 4.74 Å². The van der Waals surface area contributed by atoms with Gasteiger partial charge in [0.15, 0.2) is 0 Å². The van der Waals surface area contributed by atoms with Gasteiger partial charge in [0.1, 0.15) is 0 Å². The first-order valence-electron chi connectivity index (χ1n) is 8.67. The first-order chi connectivity index (χ1) is 9.70. The minimum Gasteiger partial charge on any atom is -0.383 e. The molecule has 1 aliphatic heterocycles. The quantitative estimate of drug-likeness (QED) is 0.777. The smallest absolute Gasteiger partial charge is 0.0589 e. The van der Waals surface area contributed by atoms with Gasteiger partial charge in [-0.3, -0.25) is 4.90 Å². The van der Waals surface area contributed by atoms with Crippen molar-refractivity contribution in [2.24, 2.45) is 11.8 Å². The molecule has 1 saturated carbocycles. The largest absolute Gasteiger partial charge is 0.383 e. The fraction of sp³-hybridized carbons (Fsp3) is 1.00. The lowest BCUT2D eigenvalue weighted by Gasteiger charge is -2.40. The second-order valence-corrected chi connectivity index (χ2v) is 7.11. The van der Waals surface area contributed by atoms with E-state index in [9.17, 15) is 0 Å². The van der Waals surface area contributed by atoms with Gasteiger partial charge in [0.05, 0.1) is 6.61 Å². The van der Waals surface area contributed by atoms with Crippen LogP contribution in [-0.4, -0.2) is 50.3 Å². The number of nitrogens with one attached hydrogen (secondary N) is 1. The third-order valence-corrected chi connectivity index (χ3v) is 5.35. The molecule has 3 atom stereocenters. The van der Waals surface area contributed by atoms with Crippen LogP contribution in [0.15, 0.2) is 0 Å². The molecule has 3 nitrogen and oxygen atoms in total. The van der Waals surface area contributed by atoms with Gasteiger partial charge < -0.3 is 10.1 Å². The van der Waals surface area contributed by atoms with Crippen LogP contribution in [0.25, 0.3) is 0 Å². The number of rotatable bonds is 7. The minimum absolute atomic E-state index is 0.714. The first kappa shape index (κ1) is 16.3. The van der Waals surface area contributed by atoms with Gasteiger partial charge in [0, 0.05) is 32.3 Å². The maximum Gasteiger partial charge on any atom is 0.0589 e. The lowest BCUT2D eigenvalue weighted by Crippen LogP contribution is -2.47. The summed E-state index contributed by atoms with van der Waals surface area (Å²) >= 11 is 0. The summed E-state index contributed by atoms with van der Waals surface area (Å²) in [5.74, 6) is 1.77. The molecular weight excluding hydrogens is 248 g/mol. The fourth-order valence-electron chi connectivity index (χ4n) is 3.97. The van der Waals surface area contributed by atoms with Gasteiger partial charge in [-0.2, -0.15) is 0 Å². The van der Waals surface area contributed by atoms with Crippen molar-refractivity contribution >= 4 is 0 Å². The van der Waals surface area contributed by atoms with Gasteiger partial charge >= 0.3 is 0 Å². The predicted molar refractivity (Wildman–Crippen MR) is 85.1 cm³/mol. The van der Waals surface area contributed by atoms with E-state index in [1.165, 1.54) is 51.6 Å². The summed E-state index contributed by atoms with van der Waals surface area (Å²) in [5.41, 5.74) is 0. The summed E-state index contributed by atoms with van der Waals surface area (Å²) in [5, 5.41) is 3.65. The molecule has 1 heterocycles. The molecule has 0 aromatic rings. The van der Waals surface area contributed by atoms with Gasteiger partial charge in [-0.15, -0.1) is 0 Å². The Morgan fingerprint density at radius 1 is 1.20 bits per heavy atom. The second kappa shape index (κ2) is 8.35. The van der Waals surface area contributed by atoms with E-state index in [0.717, 1.165) is 31.0 Å². The molecule has 118 valence electrons. The third-order valence-electron chi connectivity index (χ3n) is 5.35. The minimum atomic E-state index is 0.714. The molecule has 20 heavy (non-hydrogen) atoms. The Morgan fingerprint density at radius 2 is 2.05 bits per heavy atom. The average Bonchev–Trinajstić information content (AvgIpc) is 2.96. The Labute approximate surface area is 125 Å². The number of methoxy groups -OCH3 is 1. The van der Waals surface area contributed by atoms with E-state index >= 15 is 0 Å². The van der Waals surface area contributed by atoms with Crippen LogP contribution >= 0.6 is 0 Å². The molecule has 2 aliphatic rings. The zero-order valence-electron chi connectivity index (χ0n) is 13.7. The lowest BCUT2D eigenvalue weighted by molar-refractivity contribution is 0.0745. The molecule has 0 bridgehead atoms. The van der Waals surface area contributed by atoms with Crippen molar-refractivity contribution in [1.82, 2.24) is 10.2 Å². The molecule has 2 fully saturated rings. The molecule has 3 heteroatoms. The van der Waals surface area contributed by atoms with Crippen molar-refractivity contribution in [3.05, 3.63) is 0 Å². The van der Waals surface area contributed by atoms with Crippen molar-refractivity contribution in [3.63, 3.8) is 0 Å². The summed E-state index contributed by atoms with van der Waals surface area (Å²) in [6.07, 6.45) is 8.34. The van der Waals surface area contributed by atoms with Crippen LogP contribution < -0.4 is 5.32 Å². The van der Waals surface area contributed by atoms with E-state index in [2.05, 4.69) is 24.1 Å². The Kier molecular flexibility index (Phi) is 6.79. The first-order valence-corrected chi connectivity index (χ1v) is 8.67. The van der Waals surface area contributed by atoms with Crippen molar-refractivity contribution < 1.29 is 4.74 Å². The molecule has 0 radical (unpaired) electrons. The Balaban J connectivity index is 1.89. The maximum atomic E-state index is 5.34. The normalized spacial score (nSPS) is 31.4. The van der Waals surface area contributed by atoms with Gasteiger partial charge in [-0.05, 0) is 44.1 Å². The monoisotopic (exact) mass is 282 g/mol. The van der Waals surface area contributed by atoms with Crippen LogP contribution in [0.4, 0.5) is 0 Å². The van der Waals surface area contributed by atoms with E-state index in [1.54, 1.807) is 0 Å². The van der Waals surface area contributed by atoms with Crippen LogP contribution in [0.3, 0.4) is 0 Å². The molecule has 3 unspecified atom stereocenters. The van der Waals surface area contributed by atoms with Crippen molar-refractivity contribution in [3.8, 4) is 0 Å². The Bertz CT molecular complexity index is 264. The number of ether oxygens (including phenoxy) is 1. The van der Waals surface area contributed by atoms with Crippen molar-refractivity contribution in [2.75, 3.05) is 33.4 Å². The summed E-state index contributed by atoms with van der Waals surface area (Å²) in [6.45, 7) is 9.19. The van der Waals surface area contributed by atoms with Crippen molar-refractivity contribution in [2.45, 2.75) is 64.5 Å². The van der Waals surface area contributed by atoms with E-state index in [1.807, 2.05) is 7.11 Å². The Morgan fingerprint density at radius 3 is 2.70 bits per heavy atom. The van der Waals surface area contributed by atoms with Crippen LogP contribution in [-0.2, 0) is 4.74 Å². The standard InChI is InChI=1S/C17H34N2O/c1-14(2)15-6-4-8-17(12-15)19(10-11-20-3)13-16-7-5-9-18-16/h14-18H,4-13H2,1-3H3. The molecule has 0 spiro atoms. The summed E-state index contributed by atoms with van der Waals surface area (Å²) in [6, 6.07) is 1.50. The van der Waals surface area contributed by atoms with Crippen LogP contribution in [0.5, 0.6) is 0 Å². The number of hydrogen-bond donors (Lipinski definition) is 1. The van der Waals surface area contributed by atoms with E-state index in [0.29, 0.717) is 6.04 Å². The number of hydrogen-bond acceptors (Lipinski definition) is 3. The second-order valence-electron chi connectivity index (χ2n) is 7.11. The molecular formula is C17H34N2O. The zero-order valence-corrected chi connectivity index (χ0v) is 13.7. The summed E-state index contributed by atoms with van der Waals surface area (Å²) in [4.78, 5) is 2.72. The highest BCUT2D eigenvalue weighted by Crippen LogP contribution is 2.32. The molecule has 0 amide bonds. The average molecular weight is 282 g/mol. The highest BCUT2D eigenvalue weighted by Gasteiger charge is 2.29. The highest BCUT2D eigenvalue weighted by atomic mass is 16.5. The van der Waals surface area contributed by atoms with Gasteiger partial charge in [-0.1, -0.05) is 26.7 Å². The SMILES string of the molecule is COCCN(CC1CCCN1)C1CCCC(C(C)C)C1. The van der Waals surface area contributed by atoms with E-state index in [-0.39, 0.29) is 0 Å². The molecule has 2 rings (SSSR count). The van der Waals surface area contributed by atoms with Gasteiger partial charge in [0.25, 0.3) is 0 Å². The molecule has 0 aromatic heterocycles. The summed E-state index contributed by atoms with van der Waals surface area (Å²) in [7, 11) is 1.82. The maximum absolute atomic E-state index is 5.34. The molecule has 1 aliphatic carbocycles. The molecule has 1 saturated heterocycles. The predicted octanol–water partition coefficient (Wildman–Crippen LogP) is 2.90.